The number of methoxy groups -OCH3 is 2. The Hall–Kier alpha value is -2.08. The van der Waals surface area contributed by atoms with E-state index in [9.17, 15) is 9.59 Å². The molecule has 3 N–H and O–H groups in total. The summed E-state index contributed by atoms with van der Waals surface area (Å²) in [6, 6.07) is 5.78. The number of hydrogen-bond donors (Lipinski definition) is 2. The van der Waals surface area contributed by atoms with Crippen LogP contribution < -0.4 is 11.1 Å². The molecule has 1 aromatic carbocycles. The average molecular weight is 266 g/mol. The summed E-state index contributed by atoms with van der Waals surface area (Å²) in [7, 11) is 2.79. The van der Waals surface area contributed by atoms with Gasteiger partial charge in [0.1, 0.15) is 6.04 Å². The van der Waals surface area contributed by atoms with E-state index in [2.05, 4.69) is 10.1 Å². The van der Waals surface area contributed by atoms with Gasteiger partial charge in [-0.1, -0.05) is 6.07 Å². The molecule has 0 spiro atoms. The van der Waals surface area contributed by atoms with E-state index in [1.165, 1.54) is 14.2 Å². The van der Waals surface area contributed by atoms with Gasteiger partial charge in [0.05, 0.1) is 7.11 Å². The highest BCUT2D eigenvalue weighted by atomic mass is 16.5. The fraction of sp³-hybridized carbons (Fsp3) is 0.385. The molecule has 0 aliphatic rings. The largest absolute Gasteiger partial charge is 0.467 e. The van der Waals surface area contributed by atoms with Gasteiger partial charge >= 0.3 is 5.97 Å². The zero-order chi connectivity index (χ0) is 14.3. The molecule has 0 heterocycles. The van der Waals surface area contributed by atoms with Gasteiger partial charge in [-0.2, -0.15) is 0 Å². The summed E-state index contributed by atoms with van der Waals surface area (Å²) in [5.41, 5.74) is 6.48. The molecule has 0 aliphatic carbocycles. The Morgan fingerprint density at radius 2 is 2.11 bits per heavy atom. The van der Waals surface area contributed by atoms with E-state index < -0.39 is 12.0 Å². The fourth-order valence-electron chi connectivity index (χ4n) is 1.55. The van der Waals surface area contributed by atoms with Gasteiger partial charge in [0.25, 0.3) is 5.91 Å². The molecule has 0 saturated carbocycles. The van der Waals surface area contributed by atoms with Crippen LogP contribution in [-0.4, -0.2) is 38.7 Å². The molecular weight excluding hydrogens is 248 g/mol. The molecule has 0 aliphatic heterocycles. The Balaban J connectivity index is 2.72. The molecule has 6 nitrogen and oxygen atoms in total. The van der Waals surface area contributed by atoms with Crippen molar-refractivity contribution in [1.82, 2.24) is 5.32 Å². The normalized spacial score (nSPS) is 11.7. The van der Waals surface area contributed by atoms with Gasteiger partial charge in [-0.3, -0.25) is 4.79 Å². The molecule has 19 heavy (non-hydrogen) atoms. The van der Waals surface area contributed by atoms with Crippen molar-refractivity contribution in [2.75, 3.05) is 26.6 Å². The van der Waals surface area contributed by atoms with E-state index in [1.54, 1.807) is 24.3 Å². The van der Waals surface area contributed by atoms with Crippen molar-refractivity contribution in [1.29, 1.82) is 0 Å². The Morgan fingerprint density at radius 1 is 1.37 bits per heavy atom. The number of ether oxygens (including phenoxy) is 2. The lowest BCUT2D eigenvalue weighted by atomic mass is 10.1. The second-order valence-electron chi connectivity index (χ2n) is 3.96. The van der Waals surface area contributed by atoms with Gasteiger partial charge < -0.3 is 20.5 Å². The Morgan fingerprint density at radius 3 is 2.68 bits per heavy atom. The van der Waals surface area contributed by atoms with Crippen molar-refractivity contribution in [3.63, 3.8) is 0 Å². The second-order valence-corrected chi connectivity index (χ2v) is 3.96. The molecule has 0 bridgehead atoms. The minimum absolute atomic E-state index is 0.344. The van der Waals surface area contributed by atoms with Crippen molar-refractivity contribution in [2.24, 2.45) is 0 Å². The number of anilines is 1. The van der Waals surface area contributed by atoms with E-state index in [-0.39, 0.29) is 5.91 Å². The SMILES string of the molecule is COCC[C@H](NC(=O)c1cccc(N)c1)C(=O)OC. The molecular formula is C13H18N2O4. The van der Waals surface area contributed by atoms with E-state index in [4.69, 9.17) is 10.5 Å². The first kappa shape index (κ1) is 15.0. The topological polar surface area (TPSA) is 90.6 Å². The summed E-state index contributed by atoms with van der Waals surface area (Å²) in [5.74, 6) is -0.881. The van der Waals surface area contributed by atoms with Crippen molar-refractivity contribution in [2.45, 2.75) is 12.5 Å². The van der Waals surface area contributed by atoms with Crippen LogP contribution in [0.15, 0.2) is 24.3 Å². The molecule has 1 aromatic rings. The maximum absolute atomic E-state index is 12.0. The Labute approximate surface area is 111 Å². The van der Waals surface area contributed by atoms with Crippen LogP contribution in [-0.2, 0) is 14.3 Å². The summed E-state index contributed by atoms with van der Waals surface area (Å²) >= 11 is 0. The van der Waals surface area contributed by atoms with Gasteiger partial charge in [0, 0.05) is 31.4 Å². The van der Waals surface area contributed by atoms with E-state index in [0.29, 0.717) is 24.3 Å². The number of nitrogen functional groups attached to an aromatic ring is 1. The smallest absolute Gasteiger partial charge is 0.328 e. The molecule has 0 aromatic heterocycles. The fourth-order valence-corrected chi connectivity index (χ4v) is 1.55. The van der Waals surface area contributed by atoms with Gasteiger partial charge in [-0.25, -0.2) is 4.79 Å². The highest BCUT2D eigenvalue weighted by Gasteiger charge is 2.21. The number of esters is 1. The molecule has 104 valence electrons. The first-order valence-corrected chi connectivity index (χ1v) is 5.81. The molecule has 6 heteroatoms. The molecule has 0 fully saturated rings. The van der Waals surface area contributed by atoms with Crippen LogP contribution in [0, 0.1) is 0 Å². The van der Waals surface area contributed by atoms with Crippen molar-refractivity contribution >= 4 is 17.6 Å². The number of carbonyl (C=O) groups excluding carboxylic acids is 2. The van der Waals surface area contributed by atoms with Crippen LogP contribution in [0.2, 0.25) is 0 Å². The van der Waals surface area contributed by atoms with Crippen LogP contribution in [0.1, 0.15) is 16.8 Å². The predicted molar refractivity (Wildman–Crippen MR) is 70.6 cm³/mol. The highest BCUT2D eigenvalue weighted by molar-refractivity contribution is 5.97. The highest BCUT2D eigenvalue weighted by Crippen LogP contribution is 2.07. The van der Waals surface area contributed by atoms with Crippen LogP contribution in [0.4, 0.5) is 5.69 Å². The summed E-state index contributed by atoms with van der Waals surface area (Å²) in [5, 5.41) is 2.60. The zero-order valence-corrected chi connectivity index (χ0v) is 11.0. The number of benzene rings is 1. The lowest BCUT2D eigenvalue weighted by Crippen LogP contribution is -2.42. The maximum Gasteiger partial charge on any atom is 0.328 e. The van der Waals surface area contributed by atoms with Gasteiger partial charge in [-0.05, 0) is 18.2 Å². The summed E-state index contributed by atoms with van der Waals surface area (Å²) in [4.78, 5) is 23.5. The number of amides is 1. The maximum atomic E-state index is 12.0. The third-order valence-electron chi connectivity index (χ3n) is 2.55. The minimum atomic E-state index is -0.737. The lowest BCUT2D eigenvalue weighted by Gasteiger charge is -2.16. The van der Waals surface area contributed by atoms with Crippen molar-refractivity contribution in [3.8, 4) is 0 Å². The monoisotopic (exact) mass is 266 g/mol. The quantitative estimate of drug-likeness (QED) is 0.580. The van der Waals surface area contributed by atoms with Gasteiger partial charge in [0.2, 0.25) is 0 Å². The number of rotatable bonds is 6. The van der Waals surface area contributed by atoms with Crippen LogP contribution in [0.25, 0.3) is 0 Å². The second kappa shape index (κ2) is 7.38. The number of carbonyl (C=O) groups is 2. The van der Waals surface area contributed by atoms with Crippen LogP contribution >= 0.6 is 0 Å². The van der Waals surface area contributed by atoms with Gasteiger partial charge in [-0.15, -0.1) is 0 Å². The van der Waals surface area contributed by atoms with Crippen LogP contribution in [0.3, 0.4) is 0 Å². The standard InChI is InChI=1S/C13H18N2O4/c1-18-7-6-11(13(17)19-2)15-12(16)9-4-3-5-10(14)8-9/h3-5,8,11H,6-7,14H2,1-2H3,(H,15,16)/t11-/m0/s1. The van der Waals surface area contributed by atoms with Gasteiger partial charge in [0.15, 0.2) is 0 Å². The molecule has 1 rings (SSSR count). The third-order valence-corrected chi connectivity index (χ3v) is 2.55. The van der Waals surface area contributed by atoms with E-state index >= 15 is 0 Å². The zero-order valence-electron chi connectivity index (χ0n) is 11.0. The molecule has 0 saturated heterocycles. The summed E-state index contributed by atoms with van der Waals surface area (Å²) in [6.07, 6.45) is 0.344. The summed E-state index contributed by atoms with van der Waals surface area (Å²) < 4.78 is 9.53. The van der Waals surface area contributed by atoms with Crippen molar-refractivity contribution < 1.29 is 19.1 Å². The number of nitrogens with one attached hydrogen (secondary N) is 1. The molecule has 0 radical (unpaired) electrons. The minimum Gasteiger partial charge on any atom is -0.467 e. The van der Waals surface area contributed by atoms with E-state index in [1.807, 2.05) is 0 Å². The number of hydrogen-bond acceptors (Lipinski definition) is 5. The molecule has 0 unspecified atom stereocenters. The Bertz CT molecular complexity index is 448. The summed E-state index contributed by atoms with van der Waals surface area (Å²) in [6.45, 7) is 0.344. The van der Waals surface area contributed by atoms with Crippen LogP contribution in [0.5, 0.6) is 0 Å². The molecule has 1 atom stereocenters. The third kappa shape index (κ3) is 4.59. The Kier molecular flexibility index (Phi) is 5.81. The average Bonchev–Trinajstić information content (AvgIpc) is 2.42. The predicted octanol–water partition coefficient (Wildman–Crippen LogP) is 0.577. The van der Waals surface area contributed by atoms with E-state index in [0.717, 1.165) is 0 Å². The lowest BCUT2D eigenvalue weighted by molar-refractivity contribution is -0.143. The molecule has 1 amide bonds. The number of nitrogens with two attached hydrogens (primary N) is 1. The van der Waals surface area contributed by atoms with Crippen molar-refractivity contribution in [3.05, 3.63) is 29.8 Å². The first-order chi connectivity index (χ1) is 9.08. The first-order valence-electron chi connectivity index (χ1n) is 5.81.